The number of hydrogen-bond donors (Lipinski definition) is 1. The number of aliphatic hydroxyl groups excluding tert-OH is 1. The molecule has 0 bridgehead atoms. The maximum atomic E-state index is 13.1. The van der Waals surface area contributed by atoms with Crippen LogP contribution in [0.3, 0.4) is 0 Å². The molecule has 17 heavy (non-hydrogen) atoms. The van der Waals surface area contributed by atoms with E-state index in [-0.39, 0.29) is 11.1 Å². The van der Waals surface area contributed by atoms with Crippen LogP contribution in [0.2, 0.25) is 0 Å². The molecule has 0 aromatic heterocycles. The minimum atomic E-state index is -0.571. The molecule has 4 heteroatoms. The van der Waals surface area contributed by atoms with Gasteiger partial charge >= 0.3 is 0 Å². The Morgan fingerprint density at radius 3 is 2.76 bits per heavy atom. The average molecular weight is 272 g/mol. The van der Waals surface area contributed by atoms with Crippen molar-refractivity contribution in [3.63, 3.8) is 0 Å². The van der Waals surface area contributed by atoms with E-state index in [2.05, 4.69) is 13.8 Å². The fourth-order valence-corrected chi connectivity index (χ4v) is 4.88. The van der Waals surface area contributed by atoms with Crippen LogP contribution in [0.5, 0.6) is 0 Å². The molecule has 1 nitrogen and oxygen atoms in total. The standard InChI is InChI=1S/C13H17FOS2/c1-8-9(2)17-12(7-16-8)13(15)10-4-3-5-11(14)6-10/h3-6,8-9,12-13,15H,7H2,1-2H3. The van der Waals surface area contributed by atoms with Gasteiger partial charge in [-0.25, -0.2) is 4.39 Å². The molecule has 1 aliphatic rings. The molecule has 0 aliphatic carbocycles. The summed E-state index contributed by atoms with van der Waals surface area (Å²) < 4.78 is 13.1. The Labute approximate surface area is 110 Å². The van der Waals surface area contributed by atoms with Crippen LogP contribution in [-0.4, -0.2) is 26.6 Å². The average Bonchev–Trinajstić information content (AvgIpc) is 2.32. The molecule has 1 heterocycles. The summed E-state index contributed by atoms with van der Waals surface area (Å²) in [6, 6.07) is 6.28. The van der Waals surface area contributed by atoms with Crippen molar-refractivity contribution in [2.24, 2.45) is 0 Å². The third-order valence-corrected chi connectivity index (χ3v) is 6.60. The molecule has 1 aliphatic heterocycles. The molecule has 0 radical (unpaired) electrons. The maximum absolute atomic E-state index is 13.1. The summed E-state index contributed by atoms with van der Waals surface area (Å²) in [7, 11) is 0. The van der Waals surface area contributed by atoms with E-state index in [1.807, 2.05) is 23.5 Å². The minimum absolute atomic E-state index is 0.160. The third-order valence-electron chi connectivity index (χ3n) is 3.12. The largest absolute Gasteiger partial charge is 0.387 e. The zero-order chi connectivity index (χ0) is 12.4. The predicted octanol–water partition coefficient (Wildman–Crippen LogP) is 3.48. The van der Waals surface area contributed by atoms with Gasteiger partial charge in [-0.05, 0) is 17.7 Å². The first kappa shape index (κ1) is 13.2. The quantitative estimate of drug-likeness (QED) is 0.890. The minimum Gasteiger partial charge on any atom is -0.387 e. The summed E-state index contributed by atoms with van der Waals surface area (Å²) in [5.74, 6) is 0.643. The Balaban J connectivity index is 2.07. The van der Waals surface area contributed by atoms with Crippen molar-refractivity contribution in [2.45, 2.75) is 35.7 Å². The SMILES string of the molecule is CC1SCC(C(O)c2cccc(F)c2)SC1C. The second-order valence-electron chi connectivity index (χ2n) is 4.42. The lowest BCUT2D eigenvalue weighted by Crippen LogP contribution is -2.30. The van der Waals surface area contributed by atoms with E-state index in [9.17, 15) is 9.50 Å². The highest BCUT2D eigenvalue weighted by Crippen LogP contribution is 2.40. The van der Waals surface area contributed by atoms with Gasteiger partial charge in [-0.1, -0.05) is 26.0 Å². The molecule has 2 rings (SSSR count). The highest BCUT2D eigenvalue weighted by atomic mass is 32.2. The summed E-state index contributed by atoms with van der Waals surface area (Å²) >= 11 is 3.70. The van der Waals surface area contributed by atoms with Crippen molar-refractivity contribution in [3.05, 3.63) is 35.6 Å². The van der Waals surface area contributed by atoms with Crippen LogP contribution in [0.4, 0.5) is 4.39 Å². The van der Waals surface area contributed by atoms with Crippen LogP contribution in [0.1, 0.15) is 25.5 Å². The molecule has 1 aromatic carbocycles. The van der Waals surface area contributed by atoms with Crippen molar-refractivity contribution in [1.82, 2.24) is 0 Å². The van der Waals surface area contributed by atoms with Crippen molar-refractivity contribution in [3.8, 4) is 0 Å². The zero-order valence-corrected chi connectivity index (χ0v) is 11.6. The number of aliphatic hydroxyl groups is 1. The molecule has 1 fully saturated rings. The van der Waals surface area contributed by atoms with E-state index in [1.54, 1.807) is 12.1 Å². The molecule has 1 aromatic rings. The molecule has 0 amide bonds. The van der Waals surface area contributed by atoms with Crippen molar-refractivity contribution < 1.29 is 9.50 Å². The number of thioether (sulfide) groups is 2. The van der Waals surface area contributed by atoms with Crippen LogP contribution in [0.25, 0.3) is 0 Å². The molecule has 1 N–H and O–H groups in total. The van der Waals surface area contributed by atoms with Crippen molar-refractivity contribution in [2.75, 3.05) is 5.75 Å². The van der Waals surface area contributed by atoms with Gasteiger partial charge in [0.1, 0.15) is 5.82 Å². The normalized spacial score (nSPS) is 31.2. The summed E-state index contributed by atoms with van der Waals surface area (Å²) in [6.45, 7) is 4.40. The summed E-state index contributed by atoms with van der Waals surface area (Å²) in [5.41, 5.74) is 0.685. The second kappa shape index (κ2) is 5.63. The fraction of sp³-hybridized carbons (Fsp3) is 0.538. The van der Waals surface area contributed by atoms with Gasteiger partial charge in [-0.2, -0.15) is 23.5 Å². The topological polar surface area (TPSA) is 20.2 Å². The van der Waals surface area contributed by atoms with Crippen LogP contribution in [0, 0.1) is 5.82 Å². The summed E-state index contributed by atoms with van der Waals surface area (Å²) in [6.07, 6.45) is -0.571. The molecule has 4 unspecified atom stereocenters. The van der Waals surface area contributed by atoms with Gasteiger partial charge in [0.05, 0.1) is 6.10 Å². The Morgan fingerprint density at radius 2 is 2.12 bits per heavy atom. The first-order valence-electron chi connectivity index (χ1n) is 5.78. The predicted molar refractivity (Wildman–Crippen MR) is 74.1 cm³/mol. The van der Waals surface area contributed by atoms with E-state index in [0.29, 0.717) is 16.1 Å². The van der Waals surface area contributed by atoms with Gasteiger partial charge in [0.2, 0.25) is 0 Å². The van der Waals surface area contributed by atoms with E-state index in [4.69, 9.17) is 0 Å². The molecular weight excluding hydrogens is 255 g/mol. The molecule has 4 atom stereocenters. The molecule has 1 saturated heterocycles. The van der Waals surface area contributed by atoms with Gasteiger partial charge in [0.25, 0.3) is 0 Å². The van der Waals surface area contributed by atoms with E-state index >= 15 is 0 Å². The Morgan fingerprint density at radius 1 is 1.35 bits per heavy atom. The fourth-order valence-electron chi connectivity index (χ4n) is 1.88. The number of hydrogen-bond acceptors (Lipinski definition) is 3. The van der Waals surface area contributed by atoms with Gasteiger partial charge in [0.15, 0.2) is 0 Å². The lowest BCUT2D eigenvalue weighted by Gasteiger charge is -2.33. The number of benzene rings is 1. The van der Waals surface area contributed by atoms with Crippen LogP contribution < -0.4 is 0 Å². The van der Waals surface area contributed by atoms with Crippen molar-refractivity contribution >= 4 is 23.5 Å². The highest BCUT2D eigenvalue weighted by molar-refractivity contribution is 8.07. The maximum Gasteiger partial charge on any atom is 0.123 e. The number of halogens is 1. The number of rotatable bonds is 2. The Hall–Kier alpha value is -0.190. The summed E-state index contributed by atoms with van der Waals surface area (Å²) in [5, 5.41) is 11.6. The van der Waals surface area contributed by atoms with E-state index in [1.165, 1.54) is 12.1 Å². The first-order chi connectivity index (χ1) is 8.08. The van der Waals surface area contributed by atoms with E-state index < -0.39 is 6.10 Å². The highest BCUT2D eigenvalue weighted by Gasteiger charge is 2.31. The third kappa shape index (κ3) is 3.18. The Kier molecular flexibility index (Phi) is 4.39. The van der Waals surface area contributed by atoms with Gasteiger partial charge in [0, 0.05) is 21.5 Å². The smallest absolute Gasteiger partial charge is 0.123 e. The molecule has 0 saturated carbocycles. The second-order valence-corrected chi connectivity index (χ2v) is 7.45. The van der Waals surface area contributed by atoms with E-state index in [0.717, 1.165) is 5.75 Å². The van der Waals surface area contributed by atoms with Crippen LogP contribution in [0.15, 0.2) is 24.3 Å². The van der Waals surface area contributed by atoms with Gasteiger partial charge in [-0.3, -0.25) is 0 Å². The van der Waals surface area contributed by atoms with Crippen molar-refractivity contribution in [1.29, 1.82) is 0 Å². The Bertz CT molecular complexity index is 385. The molecular formula is C13H17FOS2. The van der Waals surface area contributed by atoms with Crippen LogP contribution in [-0.2, 0) is 0 Å². The van der Waals surface area contributed by atoms with Crippen LogP contribution >= 0.6 is 23.5 Å². The lowest BCUT2D eigenvalue weighted by atomic mass is 10.1. The van der Waals surface area contributed by atoms with Gasteiger partial charge < -0.3 is 5.11 Å². The van der Waals surface area contributed by atoms with Gasteiger partial charge in [-0.15, -0.1) is 0 Å². The zero-order valence-electron chi connectivity index (χ0n) is 9.97. The lowest BCUT2D eigenvalue weighted by molar-refractivity contribution is 0.179. The molecule has 0 spiro atoms. The monoisotopic (exact) mass is 272 g/mol. The summed E-state index contributed by atoms with van der Waals surface area (Å²) in [4.78, 5) is 0. The first-order valence-corrected chi connectivity index (χ1v) is 7.77. The molecule has 94 valence electrons.